The molecule has 7 heteroatoms. The summed E-state index contributed by atoms with van der Waals surface area (Å²) < 4.78 is 28.3. The van der Waals surface area contributed by atoms with Gasteiger partial charge < -0.3 is 4.74 Å². The van der Waals surface area contributed by atoms with E-state index < -0.39 is 10.0 Å². The smallest absolute Gasteiger partial charge is 0.253 e. The summed E-state index contributed by atoms with van der Waals surface area (Å²) in [5.74, 6) is 5.87. The molecule has 0 bridgehead atoms. The summed E-state index contributed by atoms with van der Waals surface area (Å²) in [6.45, 7) is 1.93. The van der Waals surface area contributed by atoms with Gasteiger partial charge >= 0.3 is 0 Å². The van der Waals surface area contributed by atoms with Crippen LogP contribution < -0.4 is 15.4 Å². The minimum atomic E-state index is -3.64. The number of hydrazine groups is 1. The van der Waals surface area contributed by atoms with E-state index in [1.807, 2.05) is 13.0 Å². The van der Waals surface area contributed by atoms with E-state index >= 15 is 0 Å². The molecule has 0 saturated carbocycles. The Morgan fingerprint density at radius 3 is 2.37 bits per heavy atom. The number of hydrogen-bond donors (Lipinski definition) is 2. The maximum absolute atomic E-state index is 11.4. The highest BCUT2D eigenvalue weighted by Crippen LogP contribution is 2.21. The SMILES string of the molecule is Cc1ccc(Oc2ccc(S(=O)(=O)NN)cc2)nc1. The second-order valence-electron chi connectivity index (χ2n) is 3.87. The van der Waals surface area contributed by atoms with Crippen molar-refractivity contribution in [1.29, 1.82) is 0 Å². The first-order valence-electron chi connectivity index (χ1n) is 5.44. The molecule has 2 aromatic rings. The number of sulfonamides is 1. The molecule has 0 atom stereocenters. The van der Waals surface area contributed by atoms with Crippen LogP contribution in [0.25, 0.3) is 0 Å². The number of nitrogens with zero attached hydrogens (tertiary/aromatic N) is 1. The number of nitrogens with one attached hydrogen (secondary N) is 1. The van der Waals surface area contributed by atoms with Gasteiger partial charge in [0.2, 0.25) is 5.88 Å². The highest BCUT2D eigenvalue weighted by molar-refractivity contribution is 7.89. The summed E-state index contributed by atoms with van der Waals surface area (Å²) in [6.07, 6.45) is 1.69. The van der Waals surface area contributed by atoms with Gasteiger partial charge in [0.25, 0.3) is 10.0 Å². The van der Waals surface area contributed by atoms with Gasteiger partial charge in [0, 0.05) is 12.3 Å². The first-order chi connectivity index (χ1) is 9.01. The Morgan fingerprint density at radius 1 is 1.16 bits per heavy atom. The number of ether oxygens (including phenoxy) is 1. The molecule has 0 saturated heterocycles. The molecule has 0 aliphatic carbocycles. The molecule has 1 aromatic carbocycles. The fraction of sp³-hybridized carbons (Fsp3) is 0.0833. The Morgan fingerprint density at radius 2 is 1.84 bits per heavy atom. The number of benzene rings is 1. The van der Waals surface area contributed by atoms with Crippen LogP contribution in [0.1, 0.15) is 5.56 Å². The fourth-order valence-corrected chi connectivity index (χ4v) is 2.02. The Balaban J connectivity index is 2.17. The van der Waals surface area contributed by atoms with Gasteiger partial charge in [-0.25, -0.2) is 13.4 Å². The third kappa shape index (κ3) is 3.28. The summed E-state index contributed by atoms with van der Waals surface area (Å²) in [5, 5.41) is 0. The number of nitrogens with two attached hydrogens (primary N) is 1. The van der Waals surface area contributed by atoms with Crippen molar-refractivity contribution in [2.75, 3.05) is 0 Å². The molecule has 0 amide bonds. The number of rotatable bonds is 4. The van der Waals surface area contributed by atoms with Crippen LogP contribution in [0.4, 0.5) is 0 Å². The zero-order chi connectivity index (χ0) is 13.9. The number of aryl methyl sites for hydroxylation is 1. The molecule has 19 heavy (non-hydrogen) atoms. The van der Waals surface area contributed by atoms with E-state index in [4.69, 9.17) is 10.6 Å². The van der Waals surface area contributed by atoms with Crippen LogP contribution in [-0.2, 0) is 10.0 Å². The first-order valence-corrected chi connectivity index (χ1v) is 6.92. The average molecular weight is 279 g/mol. The monoisotopic (exact) mass is 279 g/mol. The molecule has 2 rings (SSSR count). The van der Waals surface area contributed by atoms with Crippen molar-refractivity contribution in [2.24, 2.45) is 5.84 Å². The normalized spacial score (nSPS) is 11.3. The van der Waals surface area contributed by atoms with Gasteiger partial charge in [-0.3, -0.25) is 5.84 Å². The topological polar surface area (TPSA) is 94.3 Å². The number of pyridine rings is 1. The Bertz CT molecular complexity index is 652. The van der Waals surface area contributed by atoms with E-state index in [2.05, 4.69) is 4.98 Å². The predicted molar refractivity (Wildman–Crippen MR) is 70.0 cm³/mol. The van der Waals surface area contributed by atoms with Crippen molar-refractivity contribution in [1.82, 2.24) is 9.82 Å². The van der Waals surface area contributed by atoms with Crippen LogP contribution in [0.3, 0.4) is 0 Å². The Labute approximate surface area is 111 Å². The van der Waals surface area contributed by atoms with Crippen molar-refractivity contribution in [3.8, 4) is 11.6 Å². The van der Waals surface area contributed by atoms with Crippen LogP contribution in [-0.4, -0.2) is 13.4 Å². The quantitative estimate of drug-likeness (QED) is 0.650. The van der Waals surface area contributed by atoms with Gasteiger partial charge in [-0.05, 0) is 36.8 Å². The second kappa shape index (κ2) is 5.35. The van der Waals surface area contributed by atoms with Gasteiger partial charge in [-0.2, -0.15) is 4.83 Å². The van der Waals surface area contributed by atoms with Crippen LogP contribution in [0, 0.1) is 6.92 Å². The molecular weight excluding hydrogens is 266 g/mol. The molecular formula is C12H13N3O3S. The highest BCUT2D eigenvalue weighted by Gasteiger charge is 2.11. The lowest BCUT2D eigenvalue weighted by molar-refractivity contribution is 0.462. The highest BCUT2D eigenvalue weighted by atomic mass is 32.2. The molecule has 3 N–H and O–H groups in total. The zero-order valence-corrected chi connectivity index (χ0v) is 11.0. The Kier molecular flexibility index (Phi) is 3.79. The van der Waals surface area contributed by atoms with E-state index in [-0.39, 0.29) is 4.90 Å². The van der Waals surface area contributed by atoms with Crippen LogP contribution in [0.15, 0.2) is 47.5 Å². The molecule has 0 fully saturated rings. The van der Waals surface area contributed by atoms with Crippen LogP contribution in [0.5, 0.6) is 11.6 Å². The maximum Gasteiger partial charge on any atom is 0.253 e. The molecule has 0 spiro atoms. The van der Waals surface area contributed by atoms with Crippen molar-refractivity contribution >= 4 is 10.0 Å². The molecule has 0 aliphatic rings. The molecule has 0 radical (unpaired) electrons. The Hall–Kier alpha value is -1.96. The average Bonchev–Trinajstić information content (AvgIpc) is 2.42. The van der Waals surface area contributed by atoms with Gasteiger partial charge in [-0.1, -0.05) is 6.07 Å². The summed E-state index contributed by atoms with van der Waals surface area (Å²) in [7, 11) is -3.64. The number of aromatic nitrogens is 1. The molecule has 1 aromatic heterocycles. The lowest BCUT2D eigenvalue weighted by Crippen LogP contribution is -2.30. The van der Waals surface area contributed by atoms with Gasteiger partial charge in [0.15, 0.2) is 0 Å². The zero-order valence-electron chi connectivity index (χ0n) is 10.2. The second-order valence-corrected chi connectivity index (χ2v) is 5.58. The van der Waals surface area contributed by atoms with Crippen LogP contribution >= 0.6 is 0 Å². The van der Waals surface area contributed by atoms with E-state index in [1.165, 1.54) is 24.3 Å². The molecule has 0 aliphatic heterocycles. The molecule has 1 heterocycles. The number of hydrogen-bond acceptors (Lipinski definition) is 5. The van der Waals surface area contributed by atoms with E-state index in [0.717, 1.165) is 5.56 Å². The summed E-state index contributed by atoms with van der Waals surface area (Å²) >= 11 is 0. The van der Waals surface area contributed by atoms with Crippen molar-refractivity contribution in [3.05, 3.63) is 48.2 Å². The lowest BCUT2D eigenvalue weighted by Gasteiger charge is -2.06. The predicted octanol–water partition coefficient (Wildman–Crippen LogP) is 1.33. The van der Waals surface area contributed by atoms with E-state index in [9.17, 15) is 8.42 Å². The standard InChI is InChI=1S/C12H13N3O3S/c1-9-2-7-12(14-8-9)18-10-3-5-11(6-4-10)19(16,17)15-13/h2-8,15H,13H2,1H3. The third-order valence-electron chi connectivity index (χ3n) is 2.40. The van der Waals surface area contributed by atoms with Crippen molar-refractivity contribution < 1.29 is 13.2 Å². The lowest BCUT2D eigenvalue weighted by atomic mass is 10.3. The molecule has 0 unspecified atom stereocenters. The third-order valence-corrected chi connectivity index (χ3v) is 3.60. The molecule has 6 nitrogen and oxygen atoms in total. The first kappa shape index (κ1) is 13.5. The fourth-order valence-electron chi connectivity index (χ4n) is 1.39. The summed E-state index contributed by atoms with van der Waals surface area (Å²) in [4.78, 5) is 5.91. The van der Waals surface area contributed by atoms with Gasteiger partial charge in [0.05, 0.1) is 4.90 Å². The van der Waals surface area contributed by atoms with Gasteiger partial charge in [-0.15, -0.1) is 0 Å². The summed E-state index contributed by atoms with van der Waals surface area (Å²) in [6, 6.07) is 9.48. The van der Waals surface area contributed by atoms with Crippen molar-refractivity contribution in [2.45, 2.75) is 11.8 Å². The minimum Gasteiger partial charge on any atom is -0.439 e. The molecule has 100 valence electrons. The minimum absolute atomic E-state index is 0.0687. The maximum atomic E-state index is 11.4. The largest absolute Gasteiger partial charge is 0.439 e. The van der Waals surface area contributed by atoms with Gasteiger partial charge in [0.1, 0.15) is 5.75 Å². The van der Waals surface area contributed by atoms with E-state index in [1.54, 1.807) is 17.1 Å². The van der Waals surface area contributed by atoms with Crippen molar-refractivity contribution in [3.63, 3.8) is 0 Å². The van der Waals surface area contributed by atoms with E-state index in [0.29, 0.717) is 11.6 Å². The van der Waals surface area contributed by atoms with Crippen LogP contribution in [0.2, 0.25) is 0 Å². The summed E-state index contributed by atoms with van der Waals surface area (Å²) in [5.41, 5.74) is 1.03.